The van der Waals surface area contributed by atoms with Crippen LogP contribution in [0.5, 0.6) is 0 Å². The first-order chi connectivity index (χ1) is 12.2. The number of nitrogens with zero attached hydrogens (tertiary/aromatic N) is 4. The molecule has 0 unspecified atom stereocenters. The molecule has 1 saturated heterocycles. The molecule has 1 aliphatic heterocycles. The van der Waals surface area contributed by atoms with E-state index in [0.29, 0.717) is 11.8 Å². The average Bonchev–Trinajstić information content (AvgIpc) is 3.11. The van der Waals surface area contributed by atoms with Gasteiger partial charge in [0.05, 0.1) is 5.75 Å². The van der Waals surface area contributed by atoms with Gasteiger partial charge < -0.3 is 14.8 Å². The first-order valence-electron chi connectivity index (χ1n) is 8.88. The van der Waals surface area contributed by atoms with E-state index in [9.17, 15) is 4.79 Å². The summed E-state index contributed by atoms with van der Waals surface area (Å²) in [6.07, 6.45) is 6.65. The van der Waals surface area contributed by atoms with E-state index in [1.165, 1.54) is 43.1 Å². The van der Waals surface area contributed by atoms with Crippen LogP contribution >= 0.6 is 11.8 Å². The lowest BCUT2D eigenvalue weighted by Crippen LogP contribution is -2.18. The number of amides is 1. The third-order valence-corrected chi connectivity index (χ3v) is 5.73. The molecule has 4 rings (SSSR count). The molecule has 7 heteroatoms. The van der Waals surface area contributed by atoms with Gasteiger partial charge in [0.1, 0.15) is 6.33 Å². The molecule has 1 saturated carbocycles. The average molecular weight is 357 g/mol. The number of benzene rings is 1. The Balaban J connectivity index is 1.34. The summed E-state index contributed by atoms with van der Waals surface area (Å²) >= 11 is 1.45. The predicted octanol–water partition coefficient (Wildman–Crippen LogP) is 3.25. The Kier molecular flexibility index (Phi) is 4.65. The molecule has 2 fully saturated rings. The van der Waals surface area contributed by atoms with Crippen LogP contribution in [0.25, 0.3) is 0 Å². The molecule has 0 bridgehead atoms. The molecule has 2 aromatic rings. The minimum atomic E-state index is -0.00707. The van der Waals surface area contributed by atoms with Gasteiger partial charge in [0.15, 0.2) is 5.16 Å². The lowest BCUT2D eigenvalue weighted by atomic mass is 10.1. The van der Waals surface area contributed by atoms with Crippen LogP contribution in [-0.4, -0.2) is 39.5 Å². The SMILES string of the molecule is Cc1cc(N2CCCC2)ccc1NC(=O)CSc1nncn1C1CC1. The van der Waals surface area contributed by atoms with Gasteiger partial charge in [0, 0.05) is 30.5 Å². The van der Waals surface area contributed by atoms with Gasteiger partial charge in [-0.1, -0.05) is 11.8 Å². The quantitative estimate of drug-likeness (QED) is 0.804. The standard InChI is InChI=1S/C18H23N5OS/c1-13-10-15(22-8-2-3-9-22)6-7-16(13)20-17(24)11-25-18-21-19-12-23(18)14-4-5-14/h6-7,10,12,14H,2-5,8-9,11H2,1H3,(H,20,24). The maximum Gasteiger partial charge on any atom is 0.234 e. The Labute approximate surface area is 152 Å². The molecule has 0 spiro atoms. The maximum absolute atomic E-state index is 12.3. The van der Waals surface area contributed by atoms with E-state index < -0.39 is 0 Å². The second-order valence-corrected chi connectivity index (χ2v) is 7.72. The number of thioether (sulfide) groups is 1. The van der Waals surface area contributed by atoms with Crippen molar-refractivity contribution in [2.45, 2.75) is 43.8 Å². The lowest BCUT2D eigenvalue weighted by molar-refractivity contribution is -0.113. The van der Waals surface area contributed by atoms with Gasteiger partial charge in [0.25, 0.3) is 0 Å². The van der Waals surface area contributed by atoms with Crippen LogP contribution in [0.15, 0.2) is 29.7 Å². The smallest absolute Gasteiger partial charge is 0.234 e. The molecule has 1 amide bonds. The largest absolute Gasteiger partial charge is 0.372 e. The van der Waals surface area contributed by atoms with E-state index >= 15 is 0 Å². The minimum Gasteiger partial charge on any atom is -0.372 e. The molecule has 2 aliphatic rings. The molecule has 1 aromatic carbocycles. The maximum atomic E-state index is 12.3. The molecule has 1 N–H and O–H groups in total. The molecular formula is C18H23N5OS. The van der Waals surface area contributed by atoms with Crippen molar-refractivity contribution in [1.29, 1.82) is 0 Å². The highest BCUT2D eigenvalue weighted by molar-refractivity contribution is 7.99. The summed E-state index contributed by atoms with van der Waals surface area (Å²) in [6.45, 7) is 4.30. The first-order valence-corrected chi connectivity index (χ1v) is 9.87. The van der Waals surface area contributed by atoms with Gasteiger partial charge in [-0.15, -0.1) is 10.2 Å². The van der Waals surface area contributed by atoms with Crippen molar-refractivity contribution < 1.29 is 4.79 Å². The molecule has 0 atom stereocenters. The number of carbonyl (C=O) groups is 1. The molecule has 2 heterocycles. The van der Waals surface area contributed by atoms with Crippen LogP contribution in [0.3, 0.4) is 0 Å². The molecule has 132 valence electrons. The summed E-state index contributed by atoms with van der Waals surface area (Å²) < 4.78 is 2.08. The van der Waals surface area contributed by atoms with Gasteiger partial charge in [0.2, 0.25) is 5.91 Å². The Hall–Kier alpha value is -2.02. The summed E-state index contributed by atoms with van der Waals surface area (Å²) in [5, 5.41) is 11.9. The van der Waals surface area contributed by atoms with Crippen LogP contribution in [-0.2, 0) is 4.79 Å². The third kappa shape index (κ3) is 3.81. The number of rotatable bonds is 6. The number of nitrogens with one attached hydrogen (secondary N) is 1. The predicted molar refractivity (Wildman–Crippen MR) is 100 cm³/mol. The lowest BCUT2D eigenvalue weighted by Gasteiger charge is -2.19. The van der Waals surface area contributed by atoms with E-state index in [1.54, 1.807) is 6.33 Å². The Morgan fingerprint density at radius 3 is 2.84 bits per heavy atom. The minimum absolute atomic E-state index is 0.00707. The van der Waals surface area contributed by atoms with Gasteiger partial charge in [-0.25, -0.2) is 0 Å². The van der Waals surface area contributed by atoms with Crippen molar-refractivity contribution in [3.8, 4) is 0 Å². The summed E-state index contributed by atoms with van der Waals surface area (Å²) in [7, 11) is 0. The molecule has 0 radical (unpaired) electrons. The fourth-order valence-corrected chi connectivity index (χ4v) is 4.00. The Bertz CT molecular complexity index is 765. The molecule has 25 heavy (non-hydrogen) atoms. The Morgan fingerprint density at radius 1 is 1.32 bits per heavy atom. The first kappa shape index (κ1) is 16.4. The van der Waals surface area contributed by atoms with Crippen molar-refractivity contribution in [1.82, 2.24) is 14.8 Å². The molecule has 6 nitrogen and oxygen atoms in total. The fourth-order valence-electron chi connectivity index (χ4n) is 3.21. The second-order valence-electron chi connectivity index (χ2n) is 6.78. The summed E-state index contributed by atoms with van der Waals surface area (Å²) in [5.74, 6) is 0.339. The van der Waals surface area contributed by atoms with Crippen LogP contribution in [0.1, 0.15) is 37.3 Å². The number of hydrogen-bond acceptors (Lipinski definition) is 5. The number of anilines is 2. The van der Waals surface area contributed by atoms with Crippen molar-refractivity contribution >= 4 is 29.0 Å². The number of aromatic nitrogens is 3. The number of aryl methyl sites for hydroxylation is 1. The van der Waals surface area contributed by atoms with E-state index in [0.717, 1.165) is 29.5 Å². The third-order valence-electron chi connectivity index (χ3n) is 4.77. The summed E-state index contributed by atoms with van der Waals surface area (Å²) in [6, 6.07) is 6.81. The normalized spacial score (nSPS) is 17.1. The number of carbonyl (C=O) groups excluding carboxylic acids is 1. The fraction of sp³-hybridized carbons (Fsp3) is 0.500. The van der Waals surface area contributed by atoms with Crippen molar-refractivity contribution in [3.63, 3.8) is 0 Å². The van der Waals surface area contributed by atoms with Gasteiger partial charge in [-0.05, 0) is 56.4 Å². The molecule has 1 aromatic heterocycles. The highest BCUT2D eigenvalue weighted by Gasteiger charge is 2.26. The van der Waals surface area contributed by atoms with E-state index in [1.807, 2.05) is 13.0 Å². The second kappa shape index (κ2) is 7.07. The zero-order valence-electron chi connectivity index (χ0n) is 14.4. The monoisotopic (exact) mass is 357 g/mol. The Morgan fingerprint density at radius 2 is 2.12 bits per heavy atom. The summed E-state index contributed by atoms with van der Waals surface area (Å²) in [5.41, 5.74) is 3.24. The van der Waals surface area contributed by atoms with Gasteiger partial charge in [-0.3, -0.25) is 4.79 Å². The van der Waals surface area contributed by atoms with E-state index in [2.05, 4.69) is 37.1 Å². The van der Waals surface area contributed by atoms with E-state index in [4.69, 9.17) is 0 Å². The zero-order valence-corrected chi connectivity index (χ0v) is 15.3. The van der Waals surface area contributed by atoms with E-state index in [-0.39, 0.29) is 5.91 Å². The molecular weight excluding hydrogens is 334 g/mol. The highest BCUT2D eigenvalue weighted by Crippen LogP contribution is 2.37. The van der Waals surface area contributed by atoms with Crippen LogP contribution in [0, 0.1) is 6.92 Å². The van der Waals surface area contributed by atoms with Crippen molar-refractivity contribution in [2.24, 2.45) is 0 Å². The van der Waals surface area contributed by atoms with Gasteiger partial charge in [-0.2, -0.15) is 0 Å². The van der Waals surface area contributed by atoms with Crippen LogP contribution < -0.4 is 10.2 Å². The van der Waals surface area contributed by atoms with Crippen molar-refractivity contribution in [2.75, 3.05) is 29.1 Å². The van der Waals surface area contributed by atoms with Crippen molar-refractivity contribution in [3.05, 3.63) is 30.1 Å². The molecule has 1 aliphatic carbocycles. The highest BCUT2D eigenvalue weighted by atomic mass is 32.2. The van der Waals surface area contributed by atoms with Crippen LogP contribution in [0.4, 0.5) is 11.4 Å². The number of hydrogen-bond donors (Lipinski definition) is 1. The van der Waals surface area contributed by atoms with Gasteiger partial charge >= 0.3 is 0 Å². The zero-order chi connectivity index (χ0) is 17.2. The summed E-state index contributed by atoms with van der Waals surface area (Å²) in [4.78, 5) is 14.7. The topological polar surface area (TPSA) is 63.1 Å². The van der Waals surface area contributed by atoms with Crippen LogP contribution in [0.2, 0.25) is 0 Å².